The summed E-state index contributed by atoms with van der Waals surface area (Å²) in [6, 6.07) is 5.07. The Kier molecular flexibility index (Phi) is 2.79. The number of hydrogen-bond donors (Lipinski definition) is 1. The summed E-state index contributed by atoms with van der Waals surface area (Å²) < 4.78 is 13.0. The number of hydrogen-bond acceptors (Lipinski definition) is 2. The number of benzene rings is 1. The summed E-state index contributed by atoms with van der Waals surface area (Å²) in [5.74, 6) is -0.140. The summed E-state index contributed by atoms with van der Waals surface area (Å²) in [7, 11) is 0. The Morgan fingerprint density at radius 3 is 3.00 bits per heavy atom. The summed E-state index contributed by atoms with van der Waals surface area (Å²) in [4.78, 5) is 2.27. The molecule has 14 heavy (non-hydrogen) atoms. The minimum absolute atomic E-state index is 0.140. The Bertz CT molecular complexity index is 325. The number of nitrogens with zero attached hydrogens (tertiary/aromatic N) is 1. The lowest BCUT2D eigenvalue weighted by molar-refractivity contribution is 0.261. The van der Waals surface area contributed by atoms with E-state index in [1.807, 2.05) is 6.07 Å². The Labute approximate surface area is 83.5 Å². The Balaban J connectivity index is 2.16. The maximum absolute atomic E-state index is 13.0. The first-order chi connectivity index (χ1) is 6.79. The molecule has 1 aromatic rings. The Hall–Kier alpha value is -0.930. The molecule has 76 valence electrons. The van der Waals surface area contributed by atoms with Gasteiger partial charge in [-0.1, -0.05) is 6.07 Å². The lowest BCUT2D eigenvalue weighted by Crippen LogP contribution is -2.34. The number of rotatable bonds is 2. The first kappa shape index (κ1) is 9.62. The zero-order valence-corrected chi connectivity index (χ0v) is 8.17. The molecule has 3 heteroatoms. The minimum atomic E-state index is -0.140. The van der Waals surface area contributed by atoms with Gasteiger partial charge in [-0.25, -0.2) is 4.39 Å². The normalized spacial score (nSPS) is 16.7. The van der Waals surface area contributed by atoms with Crippen molar-refractivity contribution in [2.75, 3.05) is 19.6 Å². The molecule has 0 radical (unpaired) electrons. The van der Waals surface area contributed by atoms with Gasteiger partial charge in [-0.2, -0.15) is 0 Å². The van der Waals surface area contributed by atoms with E-state index in [-0.39, 0.29) is 5.82 Å². The maximum atomic E-state index is 13.0. The molecule has 1 aromatic carbocycles. The second kappa shape index (κ2) is 4.07. The van der Waals surface area contributed by atoms with Gasteiger partial charge < -0.3 is 5.73 Å². The Morgan fingerprint density at radius 2 is 2.21 bits per heavy atom. The van der Waals surface area contributed by atoms with Crippen molar-refractivity contribution in [1.29, 1.82) is 0 Å². The van der Waals surface area contributed by atoms with Crippen LogP contribution in [-0.2, 0) is 13.0 Å². The van der Waals surface area contributed by atoms with E-state index in [9.17, 15) is 4.39 Å². The second-order valence-corrected chi connectivity index (χ2v) is 3.73. The van der Waals surface area contributed by atoms with E-state index < -0.39 is 0 Å². The molecule has 1 aliphatic heterocycles. The highest BCUT2D eigenvalue weighted by atomic mass is 19.1. The van der Waals surface area contributed by atoms with E-state index in [1.54, 1.807) is 6.07 Å². The highest BCUT2D eigenvalue weighted by Crippen LogP contribution is 2.19. The average Bonchev–Trinajstić information content (AvgIpc) is 2.17. The number of halogens is 1. The minimum Gasteiger partial charge on any atom is -0.329 e. The van der Waals surface area contributed by atoms with Gasteiger partial charge in [0.1, 0.15) is 5.82 Å². The molecule has 2 rings (SSSR count). The quantitative estimate of drug-likeness (QED) is 0.765. The van der Waals surface area contributed by atoms with Crippen LogP contribution in [0.15, 0.2) is 18.2 Å². The van der Waals surface area contributed by atoms with Gasteiger partial charge >= 0.3 is 0 Å². The van der Waals surface area contributed by atoms with Gasteiger partial charge in [0.25, 0.3) is 0 Å². The SMILES string of the molecule is NCCN1CCc2ccc(F)cc2C1. The van der Waals surface area contributed by atoms with E-state index in [0.717, 1.165) is 31.6 Å². The summed E-state index contributed by atoms with van der Waals surface area (Å²) in [6.07, 6.45) is 1.01. The van der Waals surface area contributed by atoms with E-state index in [0.29, 0.717) is 6.54 Å². The van der Waals surface area contributed by atoms with Gasteiger partial charge in [-0.05, 0) is 29.7 Å². The molecular weight excluding hydrogens is 179 g/mol. The third-order valence-electron chi connectivity index (χ3n) is 2.70. The Morgan fingerprint density at radius 1 is 1.36 bits per heavy atom. The van der Waals surface area contributed by atoms with Crippen LogP contribution in [0.1, 0.15) is 11.1 Å². The average molecular weight is 194 g/mol. The van der Waals surface area contributed by atoms with Crippen LogP contribution in [-0.4, -0.2) is 24.5 Å². The third-order valence-corrected chi connectivity index (χ3v) is 2.70. The van der Waals surface area contributed by atoms with Gasteiger partial charge in [0.05, 0.1) is 0 Å². The van der Waals surface area contributed by atoms with Crippen LogP contribution in [0.3, 0.4) is 0 Å². The molecule has 0 aliphatic carbocycles. The first-order valence-electron chi connectivity index (χ1n) is 4.99. The summed E-state index contributed by atoms with van der Waals surface area (Å²) in [6.45, 7) is 3.45. The second-order valence-electron chi connectivity index (χ2n) is 3.73. The van der Waals surface area contributed by atoms with Gasteiger partial charge in [-0.15, -0.1) is 0 Å². The molecule has 0 fully saturated rings. The monoisotopic (exact) mass is 194 g/mol. The van der Waals surface area contributed by atoms with Gasteiger partial charge in [0.2, 0.25) is 0 Å². The highest BCUT2D eigenvalue weighted by molar-refractivity contribution is 5.29. The molecule has 1 aliphatic rings. The fourth-order valence-electron chi connectivity index (χ4n) is 1.96. The van der Waals surface area contributed by atoms with Crippen molar-refractivity contribution in [3.05, 3.63) is 35.1 Å². The molecule has 0 saturated carbocycles. The largest absolute Gasteiger partial charge is 0.329 e. The predicted octanol–water partition coefficient (Wildman–Crippen LogP) is 1.14. The predicted molar refractivity (Wildman–Crippen MR) is 54.4 cm³/mol. The van der Waals surface area contributed by atoms with E-state index in [2.05, 4.69) is 4.90 Å². The van der Waals surface area contributed by atoms with Crippen LogP contribution in [0, 0.1) is 5.82 Å². The van der Waals surface area contributed by atoms with Crippen molar-refractivity contribution >= 4 is 0 Å². The van der Waals surface area contributed by atoms with Crippen molar-refractivity contribution in [3.8, 4) is 0 Å². The van der Waals surface area contributed by atoms with Crippen molar-refractivity contribution in [2.45, 2.75) is 13.0 Å². The molecule has 0 bridgehead atoms. The highest BCUT2D eigenvalue weighted by Gasteiger charge is 2.15. The van der Waals surface area contributed by atoms with E-state index in [4.69, 9.17) is 5.73 Å². The summed E-state index contributed by atoms with van der Waals surface area (Å²) in [5.41, 5.74) is 7.89. The van der Waals surface area contributed by atoms with Crippen LogP contribution in [0.25, 0.3) is 0 Å². The standard InChI is InChI=1S/C11H15FN2/c12-11-2-1-9-3-5-14(6-4-13)8-10(9)7-11/h1-2,7H,3-6,8,13H2. The van der Waals surface area contributed by atoms with Gasteiger partial charge in [-0.3, -0.25) is 4.90 Å². The van der Waals surface area contributed by atoms with Gasteiger partial charge in [0.15, 0.2) is 0 Å². The zero-order chi connectivity index (χ0) is 9.97. The lowest BCUT2D eigenvalue weighted by Gasteiger charge is -2.28. The number of fused-ring (bicyclic) bond motifs is 1. The molecule has 0 spiro atoms. The third kappa shape index (κ3) is 1.94. The molecule has 0 atom stereocenters. The molecule has 0 unspecified atom stereocenters. The molecule has 2 N–H and O–H groups in total. The maximum Gasteiger partial charge on any atom is 0.123 e. The van der Waals surface area contributed by atoms with Crippen LogP contribution in [0.2, 0.25) is 0 Å². The summed E-state index contributed by atoms with van der Waals surface area (Å²) >= 11 is 0. The van der Waals surface area contributed by atoms with Crippen molar-refractivity contribution in [1.82, 2.24) is 4.90 Å². The van der Waals surface area contributed by atoms with E-state index >= 15 is 0 Å². The van der Waals surface area contributed by atoms with Crippen LogP contribution < -0.4 is 5.73 Å². The molecule has 0 aromatic heterocycles. The molecule has 2 nitrogen and oxygen atoms in total. The van der Waals surface area contributed by atoms with Crippen LogP contribution in [0.4, 0.5) is 4.39 Å². The smallest absolute Gasteiger partial charge is 0.123 e. The molecule has 0 amide bonds. The van der Waals surface area contributed by atoms with Crippen molar-refractivity contribution < 1.29 is 4.39 Å². The van der Waals surface area contributed by atoms with E-state index in [1.165, 1.54) is 11.6 Å². The molecule has 1 heterocycles. The molecular formula is C11H15FN2. The summed E-state index contributed by atoms with van der Waals surface area (Å²) in [5, 5.41) is 0. The van der Waals surface area contributed by atoms with Gasteiger partial charge in [0, 0.05) is 26.2 Å². The zero-order valence-electron chi connectivity index (χ0n) is 8.17. The fourth-order valence-corrected chi connectivity index (χ4v) is 1.96. The topological polar surface area (TPSA) is 29.3 Å². The molecule has 0 saturated heterocycles. The first-order valence-corrected chi connectivity index (χ1v) is 4.99. The number of nitrogens with two attached hydrogens (primary N) is 1. The fraction of sp³-hybridized carbons (Fsp3) is 0.455. The van der Waals surface area contributed by atoms with Crippen LogP contribution in [0.5, 0.6) is 0 Å². The van der Waals surface area contributed by atoms with Crippen molar-refractivity contribution in [3.63, 3.8) is 0 Å². The van der Waals surface area contributed by atoms with Crippen LogP contribution >= 0.6 is 0 Å². The van der Waals surface area contributed by atoms with Crippen molar-refractivity contribution in [2.24, 2.45) is 5.73 Å². The lowest BCUT2D eigenvalue weighted by atomic mass is 10.00.